The molecule has 2 aromatic carbocycles. The van der Waals surface area contributed by atoms with Crippen molar-refractivity contribution in [2.24, 2.45) is 5.73 Å². The average molecular weight is 685 g/mol. The number of rotatable bonds is 10. The number of benzene rings is 2. The molecule has 1 aliphatic heterocycles. The van der Waals surface area contributed by atoms with Crippen molar-refractivity contribution in [2.75, 3.05) is 43.5 Å². The molecule has 7 rings (SSSR count). The zero-order chi connectivity index (χ0) is 31.9. The molecule has 0 unspecified atom stereocenters. The van der Waals surface area contributed by atoms with Gasteiger partial charge in [0.05, 0.1) is 28.4 Å². The van der Waals surface area contributed by atoms with Gasteiger partial charge in [0.25, 0.3) is 12.0 Å². The molecule has 240 valence electrons. The molecule has 5 heterocycles. The van der Waals surface area contributed by atoms with Crippen LogP contribution in [0.3, 0.4) is 0 Å². The van der Waals surface area contributed by atoms with Crippen LogP contribution in [0.25, 0.3) is 38.5 Å². The van der Waals surface area contributed by atoms with E-state index in [0.717, 1.165) is 19.6 Å². The second-order valence-electron chi connectivity index (χ2n) is 10.9. The van der Waals surface area contributed by atoms with Crippen molar-refractivity contribution < 1.29 is 18.3 Å². The van der Waals surface area contributed by atoms with E-state index in [1.807, 2.05) is 18.4 Å². The van der Waals surface area contributed by atoms with Gasteiger partial charge in [0.1, 0.15) is 17.3 Å². The summed E-state index contributed by atoms with van der Waals surface area (Å²) in [7, 11) is 1.57. The lowest BCUT2D eigenvalue weighted by molar-refractivity contribution is 0.305. The van der Waals surface area contributed by atoms with Gasteiger partial charge in [0.15, 0.2) is 33.7 Å². The number of aromatic nitrogens is 5. The van der Waals surface area contributed by atoms with Gasteiger partial charge >= 0.3 is 0 Å². The molecule has 13 nitrogen and oxygen atoms in total. The maximum Gasteiger partial charge on any atom is 0.298 e. The first-order valence-electron chi connectivity index (χ1n) is 14.7. The van der Waals surface area contributed by atoms with Gasteiger partial charge in [-0.3, -0.25) is 0 Å². The van der Waals surface area contributed by atoms with E-state index in [9.17, 15) is 0 Å². The summed E-state index contributed by atoms with van der Waals surface area (Å²) in [5, 5.41) is 14.3. The molecule has 4 aromatic heterocycles. The molecule has 6 aromatic rings. The van der Waals surface area contributed by atoms with Crippen LogP contribution in [-0.2, 0) is 6.61 Å². The van der Waals surface area contributed by atoms with E-state index in [0.29, 0.717) is 84.3 Å². The number of nitrogens with two attached hydrogens (primary N) is 1. The van der Waals surface area contributed by atoms with E-state index >= 15 is 0 Å². The number of fused-ring (bicyclic) bond motifs is 2. The molecule has 16 heteroatoms. The number of ether oxygens (including phenoxy) is 2. The third-order valence-electron chi connectivity index (χ3n) is 7.69. The zero-order valence-corrected chi connectivity index (χ0v) is 27.5. The predicted molar refractivity (Wildman–Crippen MR) is 179 cm³/mol. The van der Waals surface area contributed by atoms with Crippen LogP contribution in [-0.4, -0.2) is 70.1 Å². The fraction of sp³-hybridized carbons (Fsp3) is 0.333. The normalized spacial score (nSPS) is 16.0. The van der Waals surface area contributed by atoms with Crippen molar-refractivity contribution in [2.45, 2.75) is 32.5 Å². The van der Waals surface area contributed by atoms with Crippen molar-refractivity contribution in [3.8, 4) is 27.8 Å². The first kappa shape index (κ1) is 30.6. The Morgan fingerprint density at radius 3 is 2.74 bits per heavy atom. The van der Waals surface area contributed by atoms with E-state index in [4.69, 9.17) is 57.2 Å². The van der Waals surface area contributed by atoms with Gasteiger partial charge in [-0.25, -0.2) is 9.67 Å². The number of oxazole rings is 2. The van der Waals surface area contributed by atoms with Gasteiger partial charge in [0, 0.05) is 56.0 Å². The van der Waals surface area contributed by atoms with E-state index < -0.39 is 0 Å². The number of nitrogens with zero attached hydrogens (tertiary/aromatic N) is 6. The Morgan fingerprint density at radius 1 is 1.15 bits per heavy atom. The number of thiazole rings is 1. The van der Waals surface area contributed by atoms with Crippen molar-refractivity contribution in [3.63, 3.8) is 0 Å². The van der Waals surface area contributed by atoms with Crippen LogP contribution in [0.1, 0.15) is 19.5 Å². The Hall–Kier alpha value is -4.08. The highest BCUT2D eigenvalue weighted by molar-refractivity contribution is 7.13. The number of hydrogen-bond donors (Lipinski definition) is 3. The molecule has 0 radical (unpaired) electrons. The quantitative estimate of drug-likeness (QED) is 0.161. The Balaban J connectivity index is 1.21. The minimum absolute atomic E-state index is 0.0619. The molecule has 0 saturated carbocycles. The first-order chi connectivity index (χ1) is 22.3. The van der Waals surface area contributed by atoms with E-state index in [1.165, 1.54) is 11.3 Å². The third-order valence-corrected chi connectivity index (χ3v) is 9.18. The second kappa shape index (κ2) is 12.6. The highest BCUT2D eigenvalue weighted by Crippen LogP contribution is 2.43. The van der Waals surface area contributed by atoms with Gasteiger partial charge < -0.3 is 39.6 Å². The summed E-state index contributed by atoms with van der Waals surface area (Å²) in [6.07, 6.45) is 3.47. The summed E-state index contributed by atoms with van der Waals surface area (Å²) >= 11 is 14.9. The molecule has 1 saturated heterocycles. The summed E-state index contributed by atoms with van der Waals surface area (Å²) in [5.41, 5.74) is 9.81. The molecule has 1 aliphatic rings. The minimum atomic E-state index is -0.0619. The number of methoxy groups -OCH3 is 1. The lowest BCUT2D eigenvalue weighted by Crippen LogP contribution is -2.50. The van der Waals surface area contributed by atoms with Gasteiger partial charge in [-0.15, -0.1) is 11.3 Å². The molecule has 46 heavy (non-hydrogen) atoms. The lowest BCUT2D eigenvalue weighted by atomic mass is 10.2. The molecule has 0 aliphatic carbocycles. The number of piperazine rings is 1. The summed E-state index contributed by atoms with van der Waals surface area (Å²) < 4.78 is 26.0. The monoisotopic (exact) mass is 683 g/mol. The Labute approximate surface area is 277 Å². The number of hydrogen-bond acceptors (Lipinski definition) is 13. The molecule has 1 fully saturated rings. The average Bonchev–Trinajstić information content (AvgIpc) is 3.87. The van der Waals surface area contributed by atoms with E-state index in [1.54, 1.807) is 36.3 Å². The van der Waals surface area contributed by atoms with Crippen LogP contribution in [0.2, 0.25) is 10.0 Å². The molecule has 2 atom stereocenters. The minimum Gasteiger partial charge on any atom is -0.493 e. The van der Waals surface area contributed by atoms with Gasteiger partial charge in [0.2, 0.25) is 0 Å². The lowest BCUT2D eigenvalue weighted by Gasteiger charge is -2.32. The number of halogens is 2. The zero-order valence-electron chi connectivity index (χ0n) is 25.2. The summed E-state index contributed by atoms with van der Waals surface area (Å²) in [6.45, 7) is 7.02. The maximum absolute atomic E-state index is 6.76. The van der Waals surface area contributed by atoms with Crippen molar-refractivity contribution in [3.05, 3.63) is 51.7 Å². The van der Waals surface area contributed by atoms with Crippen molar-refractivity contribution in [1.29, 1.82) is 0 Å². The molecule has 4 N–H and O–H groups in total. The van der Waals surface area contributed by atoms with Crippen molar-refractivity contribution >= 4 is 68.8 Å². The van der Waals surface area contributed by atoms with Crippen LogP contribution in [0, 0.1) is 0 Å². The SMILES string of the molecule is COc1c(Cl)cc(-c2nc(COc3c(Cl)cc(-n4cccn4)c4oc(N[C@@H](C)CN)nc34)cs2)c2oc(N3CCNC[C@@H]3C)nc12. The second-order valence-corrected chi connectivity index (χ2v) is 12.6. The van der Waals surface area contributed by atoms with Gasteiger partial charge in [-0.2, -0.15) is 15.1 Å². The highest BCUT2D eigenvalue weighted by Gasteiger charge is 2.27. The van der Waals surface area contributed by atoms with Crippen LogP contribution >= 0.6 is 34.5 Å². The van der Waals surface area contributed by atoms with Gasteiger partial charge in [-0.05, 0) is 32.0 Å². The van der Waals surface area contributed by atoms with Crippen molar-refractivity contribution in [1.82, 2.24) is 30.0 Å². The molecule has 0 spiro atoms. The number of nitrogens with one attached hydrogen (secondary N) is 2. The fourth-order valence-electron chi connectivity index (χ4n) is 5.32. The maximum atomic E-state index is 6.76. The van der Waals surface area contributed by atoms with Gasteiger partial charge in [-0.1, -0.05) is 23.2 Å². The number of anilines is 2. The van der Waals surface area contributed by atoms with Crippen LogP contribution < -0.4 is 30.7 Å². The molecular formula is C30H31Cl2N9O4S. The standard InChI is InChI=1S/C30H31Cl2N9O4S/c1-15(11-33)36-29-38-23-26(20(32)10-21(27(23)44-29)41-7-4-5-35-41)43-13-17-14-46-28(37-17)18-9-19(31)25(42-3)22-24(18)45-30(39-22)40-8-6-34-12-16(40)2/h4-5,7,9-10,14-16,34H,6,8,11-13,33H2,1-3H3,(H,36,38)/t15-,16-/m0/s1. The fourth-order valence-corrected chi connectivity index (χ4v) is 6.66. The first-order valence-corrected chi connectivity index (χ1v) is 16.3. The third kappa shape index (κ3) is 5.60. The Bertz CT molecular complexity index is 2010. The van der Waals surface area contributed by atoms with E-state index in [-0.39, 0.29) is 18.7 Å². The predicted octanol–water partition coefficient (Wildman–Crippen LogP) is 5.73. The molecular weight excluding hydrogens is 653 g/mol. The largest absolute Gasteiger partial charge is 0.493 e. The van der Waals surface area contributed by atoms with Crippen LogP contribution in [0.5, 0.6) is 11.5 Å². The molecule has 0 bridgehead atoms. The molecule has 0 amide bonds. The summed E-state index contributed by atoms with van der Waals surface area (Å²) in [5.74, 6) is 0.817. The Morgan fingerprint density at radius 2 is 1.98 bits per heavy atom. The smallest absolute Gasteiger partial charge is 0.298 e. The summed E-state index contributed by atoms with van der Waals surface area (Å²) in [4.78, 5) is 16.4. The van der Waals surface area contributed by atoms with Crippen LogP contribution in [0.4, 0.5) is 12.0 Å². The summed E-state index contributed by atoms with van der Waals surface area (Å²) in [6, 6.07) is 6.30. The topological polar surface area (TPSA) is 155 Å². The highest BCUT2D eigenvalue weighted by atomic mass is 35.5. The van der Waals surface area contributed by atoms with E-state index in [2.05, 4.69) is 32.5 Å². The van der Waals surface area contributed by atoms with Crippen LogP contribution in [0.15, 0.2) is 44.8 Å². The Kier molecular flexibility index (Phi) is 8.38.